The minimum absolute atomic E-state index is 0.153. The lowest BCUT2D eigenvalue weighted by molar-refractivity contribution is -0.122. The highest BCUT2D eigenvalue weighted by Gasteiger charge is 2.22. The van der Waals surface area contributed by atoms with Crippen molar-refractivity contribution in [3.05, 3.63) is 78.0 Å². The molecule has 1 unspecified atom stereocenters. The smallest absolute Gasteiger partial charge is 0.227 e. The highest BCUT2D eigenvalue weighted by atomic mass is 19.1. The summed E-state index contributed by atoms with van der Waals surface area (Å²) < 4.78 is 20.7. The topological polar surface area (TPSA) is 85.8 Å². The van der Waals surface area contributed by atoms with Gasteiger partial charge in [0.15, 0.2) is 5.82 Å². The maximum Gasteiger partial charge on any atom is 0.227 e. The molecule has 0 fully saturated rings. The number of aryl methyl sites for hydroxylation is 1. The largest absolute Gasteiger partial charge is 0.347 e. The van der Waals surface area contributed by atoms with Crippen molar-refractivity contribution < 1.29 is 13.7 Å². The molecule has 4 rings (SSSR count). The van der Waals surface area contributed by atoms with Crippen LogP contribution in [0.5, 0.6) is 0 Å². The Bertz CT molecular complexity index is 1210. The highest BCUT2D eigenvalue weighted by Crippen LogP contribution is 2.21. The van der Waals surface area contributed by atoms with Gasteiger partial charge in [-0.1, -0.05) is 50.2 Å². The zero-order valence-electron chi connectivity index (χ0n) is 18.4. The van der Waals surface area contributed by atoms with E-state index in [0.29, 0.717) is 24.7 Å². The van der Waals surface area contributed by atoms with E-state index in [4.69, 9.17) is 4.52 Å². The number of aromatic nitrogens is 4. The minimum atomic E-state index is -0.353. The van der Waals surface area contributed by atoms with E-state index in [-0.39, 0.29) is 29.6 Å². The summed E-state index contributed by atoms with van der Waals surface area (Å²) in [5, 5.41) is 7.06. The first-order valence-corrected chi connectivity index (χ1v) is 10.6. The second-order valence-electron chi connectivity index (χ2n) is 8.82. The molecule has 0 saturated heterocycles. The van der Waals surface area contributed by atoms with Crippen LogP contribution in [0.3, 0.4) is 0 Å². The van der Waals surface area contributed by atoms with E-state index in [1.807, 2.05) is 49.6 Å². The molecule has 0 spiro atoms. The van der Waals surface area contributed by atoms with E-state index >= 15 is 0 Å². The van der Waals surface area contributed by atoms with E-state index in [2.05, 4.69) is 20.4 Å². The molecule has 1 amide bonds. The normalized spacial score (nSPS) is 12.8. The van der Waals surface area contributed by atoms with Crippen LogP contribution >= 0.6 is 0 Å². The summed E-state index contributed by atoms with van der Waals surface area (Å²) >= 11 is 0. The molecule has 2 aromatic heterocycles. The van der Waals surface area contributed by atoms with E-state index in [9.17, 15) is 9.18 Å². The summed E-state index contributed by atoms with van der Waals surface area (Å²) in [7, 11) is 0. The fraction of sp³-hybridized carbons (Fsp3) is 0.333. The SMILES string of the molecule is CC(C)(C)c1noc(CCC(=O)NC(Cn2cnc3ccccc32)c2ccc(F)cc2)n1. The van der Waals surface area contributed by atoms with Crippen molar-refractivity contribution in [3.63, 3.8) is 0 Å². The van der Waals surface area contributed by atoms with Crippen molar-refractivity contribution in [2.45, 2.75) is 51.6 Å². The molecule has 0 aliphatic carbocycles. The lowest BCUT2D eigenvalue weighted by Crippen LogP contribution is -2.31. The van der Waals surface area contributed by atoms with Crippen molar-refractivity contribution in [1.82, 2.24) is 25.0 Å². The molecule has 32 heavy (non-hydrogen) atoms. The van der Waals surface area contributed by atoms with Crippen molar-refractivity contribution in [2.24, 2.45) is 0 Å². The summed E-state index contributed by atoms with van der Waals surface area (Å²) in [6.07, 6.45) is 2.30. The van der Waals surface area contributed by atoms with Gasteiger partial charge in [-0.3, -0.25) is 4.79 Å². The molecule has 0 bridgehead atoms. The molecule has 0 radical (unpaired) electrons. The standard InChI is InChI=1S/C24H26FN5O2/c1-24(2,3)23-28-22(32-29-23)13-12-21(31)27-19(16-8-10-17(25)11-9-16)14-30-15-26-18-6-4-5-7-20(18)30/h4-11,15,19H,12-14H2,1-3H3,(H,27,31). The monoisotopic (exact) mass is 435 g/mol. The number of rotatable bonds is 7. The van der Waals surface area contributed by atoms with Gasteiger partial charge in [-0.15, -0.1) is 0 Å². The highest BCUT2D eigenvalue weighted by molar-refractivity contribution is 5.77. The fourth-order valence-electron chi connectivity index (χ4n) is 3.43. The van der Waals surface area contributed by atoms with Crippen LogP contribution in [0.4, 0.5) is 4.39 Å². The van der Waals surface area contributed by atoms with Gasteiger partial charge in [0.25, 0.3) is 0 Å². The number of amides is 1. The number of imidazole rings is 1. The Morgan fingerprint density at radius 3 is 2.62 bits per heavy atom. The van der Waals surface area contributed by atoms with Crippen LogP contribution in [0.15, 0.2) is 59.4 Å². The molecule has 8 heteroatoms. The van der Waals surface area contributed by atoms with Gasteiger partial charge < -0.3 is 14.4 Å². The number of benzene rings is 2. The third-order valence-electron chi connectivity index (χ3n) is 5.22. The lowest BCUT2D eigenvalue weighted by atomic mass is 9.96. The van der Waals surface area contributed by atoms with Crippen molar-refractivity contribution >= 4 is 16.9 Å². The van der Waals surface area contributed by atoms with Gasteiger partial charge in [0, 0.05) is 24.8 Å². The van der Waals surface area contributed by atoms with Crippen LogP contribution in [0.2, 0.25) is 0 Å². The van der Waals surface area contributed by atoms with Gasteiger partial charge in [-0.2, -0.15) is 4.98 Å². The molecule has 4 aromatic rings. The molecular weight excluding hydrogens is 409 g/mol. The summed E-state index contributed by atoms with van der Waals surface area (Å²) in [4.78, 5) is 21.6. The first kappa shape index (κ1) is 21.7. The number of halogens is 1. The van der Waals surface area contributed by atoms with Gasteiger partial charge in [0.05, 0.1) is 23.4 Å². The molecule has 0 aliphatic rings. The predicted molar refractivity (Wildman–Crippen MR) is 118 cm³/mol. The fourth-order valence-corrected chi connectivity index (χ4v) is 3.43. The Kier molecular flexibility index (Phi) is 6.03. The first-order valence-electron chi connectivity index (χ1n) is 10.6. The van der Waals surface area contributed by atoms with Crippen LogP contribution in [0.1, 0.15) is 50.5 Å². The lowest BCUT2D eigenvalue weighted by Gasteiger charge is -2.20. The molecule has 2 aromatic carbocycles. The molecule has 0 aliphatic heterocycles. The third-order valence-corrected chi connectivity index (χ3v) is 5.22. The predicted octanol–water partition coefficient (Wildman–Crippen LogP) is 4.35. The van der Waals surface area contributed by atoms with Gasteiger partial charge in [0.1, 0.15) is 5.82 Å². The Labute approximate surface area is 185 Å². The maximum atomic E-state index is 13.5. The Balaban J connectivity index is 1.48. The first-order chi connectivity index (χ1) is 15.3. The molecule has 166 valence electrons. The summed E-state index contributed by atoms with van der Waals surface area (Å²) in [5.74, 6) is 0.574. The van der Waals surface area contributed by atoms with Crippen LogP contribution in [0.25, 0.3) is 11.0 Å². The number of nitrogens with one attached hydrogen (secondary N) is 1. The minimum Gasteiger partial charge on any atom is -0.347 e. The Morgan fingerprint density at radius 1 is 1.16 bits per heavy atom. The number of nitrogens with zero attached hydrogens (tertiary/aromatic N) is 4. The number of hydrogen-bond acceptors (Lipinski definition) is 5. The van der Waals surface area contributed by atoms with Crippen LogP contribution in [-0.2, 0) is 23.2 Å². The zero-order valence-corrected chi connectivity index (χ0v) is 18.4. The zero-order chi connectivity index (χ0) is 22.7. The van der Waals surface area contributed by atoms with Gasteiger partial charge in [-0.05, 0) is 29.8 Å². The summed E-state index contributed by atoms with van der Waals surface area (Å²) in [5.41, 5.74) is 2.44. The number of para-hydroxylation sites is 2. The average molecular weight is 436 g/mol. The van der Waals surface area contributed by atoms with Crippen molar-refractivity contribution in [3.8, 4) is 0 Å². The Morgan fingerprint density at radius 2 is 1.91 bits per heavy atom. The average Bonchev–Trinajstić information content (AvgIpc) is 3.40. The van der Waals surface area contributed by atoms with Crippen molar-refractivity contribution in [2.75, 3.05) is 0 Å². The van der Waals surface area contributed by atoms with E-state index in [1.165, 1.54) is 12.1 Å². The molecule has 1 N–H and O–H groups in total. The van der Waals surface area contributed by atoms with E-state index in [0.717, 1.165) is 16.6 Å². The van der Waals surface area contributed by atoms with E-state index < -0.39 is 0 Å². The quantitative estimate of drug-likeness (QED) is 0.467. The number of fused-ring (bicyclic) bond motifs is 1. The summed E-state index contributed by atoms with van der Waals surface area (Å²) in [6, 6.07) is 13.6. The van der Waals surface area contributed by atoms with Crippen LogP contribution in [0, 0.1) is 5.82 Å². The number of hydrogen-bond donors (Lipinski definition) is 1. The van der Waals surface area contributed by atoms with Gasteiger partial charge >= 0.3 is 0 Å². The van der Waals surface area contributed by atoms with Gasteiger partial charge in [0.2, 0.25) is 11.8 Å². The molecule has 2 heterocycles. The second kappa shape index (κ2) is 8.90. The molecule has 0 saturated carbocycles. The second-order valence-corrected chi connectivity index (χ2v) is 8.82. The van der Waals surface area contributed by atoms with E-state index in [1.54, 1.807) is 18.5 Å². The third kappa shape index (κ3) is 5.01. The molecule has 1 atom stereocenters. The molecule has 7 nitrogen and oxygen atoms in total. The maximum absolute atomic E-state index is 13.5. The van der Waals surface area contributed by atoms with Crippen LogP contribution in [-0.4, -0.2) is 25.6 Å². The molecular formula is C24H26FN5O2. The van der Waals surface area contributed by atoms with Crippen LogP contribution < -0.4 is 5.32 Å². The number of carbonyl (C=O) groups is 1. The van der Waals surface area contributed by atoms with Gasteiger partial charge in [-0.25, -0.2) is 9.37 Å². The van der Waals surface area contributed by atoms with Crippen molar-refractivity contribution in [1.29, 1.82) is 0 Å². The Hall–Kier alpha value is -3.55. The summed E-state index contributed by atoms with van der Waals surface area (Å²) in [6.45, 7) is 6.47. The number of carbonyl (C=O) groups excluding carboxylic acids is 1.